The van der Waals surface area contributed by atoms with Crippen molar-refractivity contribution >= 4 is 35.2 Å². The molecule has 0 spiro atoms. The Labute approximate surface area is 143 Å². The molecule has 5 nitrogen and oxygen atoms in total. The molecule has 2 aromatic rings. The first-order chi connectivity index (χ1) is 11.5. The lowest BCUT2D eigenvalue weighted by Gasteiger charge is -2.32. The molecule has 122 valence electrons. The standard InChI is InChI=1S/C18H14ClNO4/c1-11(18(22)23)20-14-4-2-3-5-15(14)24-16(17(20)21)10-12-6-8-13(19)9-7-12/h2-11H,1H3,(H,22,23)/b16-10+. The zero-order valence-electron chi connectivity index (χ0n) is 12.8. The van der Waals surface area contributed by atoms with Crippen molar-refractivity contribution in [2.75, 3.05) is 4.90 Å². The maximum absolute atomic E-state index is 12.7. The first-order valence-electron chi connectivity index (χ1n) is 7.28. The highest BCUT2D eigenvalue weighted by Crippen LogP contribution is 2.36. The molecule has 0 saturated carbocycles. The van der Waals surface area contributed by atoms with Gasteiger partial charge in [0.15, 0.2) is 11.5 Å². The van der Waals surface area contributed by atoms with Gasteiger partial charge in [0.25, 0.3) is 5.91 Å². The minimum atomic E-state index is -1.09. The highest BCUT2D eigenvalue weighted by molar-refractivity contribution is 6.30. The Bertz CT molecular complexity index is 829. The normalized spacial score (nSPS) is 16.5. The van der Waals surface area contributed by atoms with E-state index in [4.69, 9.17) is 16.3 Å². The number of ether oxygens (including phenoxy) is 1. The molecule has 2 aromatic carbocycles. The van der Waals surface area contributed by atoms with Crippen molar-refractivity contribution in [3.8, 4) is 5.75 Å². The maximum Gasteiger partial charge on any atom is 0.326 e. The van der Waals surface area contributed by atoms with Gasteiger partial charge in [0, 0.05) is 5.02 Å². The SMILES string of the molecule is CC(C(=O)O)N1C(=O)/C(=C\c2ccc(Cl)cc2)Oc2ccccc21. The topological polar surface area (TPSA) is 66.8 Å². The molecule has 1 unspecified atom stereocenters. The van der Waals surface area contributed by atoms with Crippen LogP contribution in [-0.2, 0) is 9.59 Å². The molecule has 0 radical (unpaired) electrons. The van der Waals surface area contributed by atoms with Gasteiger partial charge >= 0.3 is 5.97 Å². The molecule has 1 atom stereocenters. The number of rotatable bonds is 3. The number of benzene rings is 2. The Morgan fingerprint density at radius 3 is 2.54 bits per heavy atom. The highest BCUT2D eigenvalue weighted by atomic mass is 35.5. The lowest BCUT2D eigenvalue weighted by molar-refractivity contribution is -0.139. The fourth-order valence-electron chi connectivity index (χ4n) is 2.43. The molecule has 1 amide bonds. The van der Waals surface area contributed by atoms with E-state index >= 15 is 0 Å². The van der Waals surface area contributed by atoms with E-state index in [2.05, 4.69) is 0 Å². The van der Waals surface area contributed by atoms with E-state index in [0.29, 0.717) is 16.5 Å². The summed E-state index contributed by atoms with van der Waals surface area (Å²) in [6.45, 7) is 1.46. The van der Waals surface area contributed by atoms with E-state index in [1.165, 1.54) is 11.8 Å². The molecular formula is C18H14ClNO4. The number of hydrogen-bond acceptors (Lipinski definition) is 3. The molecule has 0 bridgehead atoms. The third-order valence-electron chi connectivity index (χ3n) is 3.69. The zero-order chi connectivity index (χ0) is 17.3. The van der Waals surface area contributed by atoms with Crippen LogP contribution < -0.4 is 9.64 Å². The van der Waals surface area contributed by atoms with E-state index in [-0.39, 0.29) is 5.76 Å². The number of anilines is 1. The number of fused-ring (bicyclic) bond motifs is 1. The summed E-state index contributed by atoms with van der Waals surface area (Å²) in [4.78, 5) is 25.4. The third kappa shape index (κ3) is 2.98. The minimum Gasteiger partial charge on any atom is -0.480 e. The molecule has 0 saturated heterocycles. The number of carboxylic acid groups (broad SMARTS) is 1. The predicted octanol–water partition coefficient (Wildman–Crippen LogP) is 3.58. The van der Waals surface area contributed by atoms with Crippen molar-refractivity contribution in [1.29, 1.82) is 0 Å². The summed E-state index contributed by atoms with van der Waals surface area (Å²) in [7, 11) is 0. The first-order valence-corrected chi connectivity index (χ1v) is 7.65. The number of halogens is 1. The van der Waals surface area contributed by atoms with Gasteiger partial charge in [-0.3, -0.25) is 9.69 Å². The van der Waals surface area contributed by atoms with Gasteiger partial charge in [-0.05, 0) is 42.8 Å². The van der Waals surface area contributed by atoms with Crippen molar-refractivity contribution in [2.45, 2.75) is 13.0 Å². The Balaban J connectivity index is 2.06. The second-order valence-electron chi connectivity index (χ2n) is 5.32. The van der Waals surface area contributed by atoms with E-state index < -0.39 is 17.9 Å². The first kappa shape index (κ1) is 16.1. The summed E-state index contributed by atoms with van der Waals surface area (Å²) >= 11 is 5.86. The van der Waals surface area contributed by atoms with Crippen molar-refractivity contribution in [2.24, 2.45) is 0 Å². The predicted molar refractivity (Wildman–Crippen MR) is 91.1 cm³/mol. The molecule has 24 heavy (non-hydrogen) atoms. The minimum absolute atomic E-state index is 0.0594. The van der Waals surface area contributed by atoms with Crippen LogP contribution in [0, 0.1) is 0 Å². The molecule has 1 aliphatic heterocycles. The van der Waals surface area contributed by atoms with Crippen LogP contribution in [0.4, 0.5) is 5.69 Å². The number of nitrogens with zero attached hydrogens (tertiary/aromatic N) is 1. The van der Waals surface area contributed by atoms with Crippen molar-refractivity contribution in [1.82, 2.24) is 0 Å². The van der Waals surface area contributed by atoms with E-state index in [1.807, 2.05) is 0 Å². The van der Waals surface area contributed by atoms with Gasteiger partial charge in [0.05, 0.1) is 5.69 Å². The molecule has 1 N–H and O–H groups in total. The number of carboxylic acids is 1. The van der Waals surface area contributed by atoms with Crippen molar-refractivity contribution < 1.29 is 19.4 Å². The monoisotopic (exact) mass is 343 g/mol. The second-order valence-corrected chi connectivity index (χ2v) is 5.76. The van der Waals surface area contributed by atoms with Crippen LogP contribution in [0.25, 0.3) is 6.08 Å². The lowest BCUT2D eigenvalue weighted by atomic mass is 10.1. The fraction of sp³-hybridized carbons (Fsp3) is 0.111. The van der Waals surface area contributed by atoms with Crippen molar-refractivity contribution in [3.05, 3.63) is 64.9 Å². The largest absolute Gasteiger partial charge is 0.480 e. The summed E-state index contributed by atoms with van der Waals surface area (Å²) in [5.74, 6) is -1.10. The zero-order valence-corrected chi connectivity index (χ0v) is 13.5. The highest BCUT2D eigenvalue weighted by Gasteiger charge is 2.36. The van der Waals surface area contributed by atoms with E-state index in [9.17, 15) is 14.7 Å². The number of carbonyl (C=O) groups is 2. The van der Waals surface area contributed by atoms with Gasteiger partial charge in [-0.15, -0.1) is 0 Å². The van der Waals surface area contributed by atoms with Crippen LogP contribution in [0.2, 0.25) is 5.02 Å². The van der Waals surface area contributed by atoms with E-state index in [1.54, 1.807) is 54.6 Å². The molecule has 0 aliphatic carbocycles. The van der Waals surface area contributed by atoms with Crippen LogP contribution in [0.1, 0.15) is 12.5 Å². The summed E-state index contributed by atoms with van der Waals surface area (Å²) in [6, 6.07) is 12.7. The van der Waals surface area contributed by atoms with Gasteiger partial charge in [-0.2, -0.15) is 0 Å². The molecule has 1 aliphatic rings. The molecule has 3 rings (SSSR count). The van der Waals surface area contributed by atoms with Gasteiger partial charge in [0.1, 0.15) is 6.04 Å². The van der Waals surface area contributed by atoms with Crippen LogP contribution in [0.5, 0.6) is 5.75 Å². The van der Waals surface area contributed by atoms with Gasteiger partial charge in [0.2, 0.25) is 0 Å². The van der Waals surface area contributed by atoms with E-state index in [0.717, 1.165) is 5.56 Å². The summed E-state index contributed by atoms with van der Waals surface area (Å²) in [6.07, 6.45) is 1.57. The molecule has 0 fully saturated rings. The Kier molecular flexibility index (Phi) is 4.27. The average Bonchev–Trinajstić information content (AvgIpc) is 2.57. The molecule has 1 heterocycles. The fourth-order valence-corrected chi connectivity index (χ4v) is 2.56. The van der Waals surface area contributed by atoms with Gasteiger partial charge < -0.3 is 9.84 Å². The smallest absolute Gasteiger partial charge is 0.326 e. The molecular weight excluding hydrogens is 330 g/mol. The van der Waals surface area contributed by atoms with Gasteiger partial charge in [-0.25, -0.2) is 4.79 Å². The van der Waals surface area contributed by atoms with Crippen LogP contribution in [0.3, 0.4) is 0 Å². The average molecular weight is 344 g/mol. The third-order valence-corrected chi connectivity index (χ3v) is 3.94. The Morgan fingerprint density at radius 2 is 1.88 bits per heavy atom. The lowest BCUT2D eigenvalue weighted by Crippen LogP contribution is -2.47. The van der Waals surface area contributed by atoms with Crippen LogP contribution >= 0.6 is 11.6 Å². The Morgan fingerprint density at radius 1 is 1.21 bits per heavy atom. The summed E-state index contributed by atoms with van der Waals surface area (Å²) < 4.78 is 5.68. The molecule has 6 heteroatoms. The number of carbonyl (C=O) groups excluding carboxylic acids is 1. The quantitative estimate of drug-likeness (QED) is 0.865. The van der Waals surface area contributed by atoms with Crippen molar-refractivity contribution in [3.63, 3.8) is 0 Å². The molecule has 0 aromatic heterocycles. The number of hydrogen-bond donors (Lipinski definition) is 1. The summed E-state index contributed by atoms with van der Waals surface area (Å²) in [5, 5.41) is 9.90. The number of aliphatic carboxylic acids is 1. The van der Waals surface area contributed by atoms with Crippen LogP contribution in [0.15, 0.2) is 54.3 Å². The Hall–Kier alpha value is -2.79. The number of para-hydroxylation sites is 2. The second kappa shape index (κ2) is 6.37. The van der Waals surface area contributed by atoms with Crippen LogP contribution in [-0.4, -0.2) is 23.0 Å². The maximum atomic E-state index is 12.7. The number of amides is 1. The van der Waals surface area contributed by atoms with Gasteiger partial charge in [-0.1, -0.05) is 35.9 Å². The summed E-state index contributed by atoms with van der Waals surface area (Å²) in [5.41, 5.74) is 1.16.